The zero-order valence-electron chi connectivity index (χ0n) is 17.4. The van der Waals surface area contributed by atoms with Gasteiger partial charge in [-0.25, -0.2) is 0 Å². The quantitative estimate of drug-likeness (QED) is 0.372. The fourth-order valence-electron chi connectivity index (χ4n) is 3.21. The molecule has 1 aromatic rings. The minimum absolute atomic E-state index is 0.0398. The Morgan fingerprint density at radius 2 is 1.20 bits per heavy atom. The van der Waals surface area contributed by atoms with Gasteiger partial charge in [-0.05, 0) is 66.5 Å². The molecule has 0 spiro atoms. The number of aromatic hydroxyl groups is 2. The molecule has 0 aromatic heterocycles. The van der Waals surface area contributed by atoms with E-state index in [0.717, 1.165) is 43.2 Å². The highest BCUT2D eigenvalue weighted by Crippen LogP contribution is 2.33. The van der Waals surface area contributed by atoms with Crippen LogP contribution in [0.3, 0.4) is 0 Å². The van der Waals surface area contributed by atoms with Crippen LogP contribution in [0.15, 0.2) is 12.1 Å². The SMILES string of the molecule is CC(C)(C)CCCCCc1cc(O)c(O)c(CCCCC(C)(C)C)c1. The number of aryl methyl sites for hydroxylation is 2. The van der Waals surface area contributed by atoms with Crippen LogP contribution < -0.4 is 0 Å². The van der Waals surface area contributed by atoms with Gasteiger partial charge in [-0.3, -0.25) is 0 Å². The second-order valence-electron chi connectivity index (χ2n) is 10.0. The molecule has 144 valence electrons. The first-order valence-corrected chi connectivity index (χ1v) is 10.0. The third-order valence-corrected chi connectivity index (χ3v) is 4.74. The highest BCUT2D eigenvalue weighted by atomic mass is 16.3. The van der Waals surface area contributed by atoms with Gasteiger partial charge in [0.2, 0.25) is 0 Å². The van der Waals surface area contributed by atoms with Gasteiger partial charge in [-0.1, -0.05) is 66.9 Å². The first kappa shape index (κ1) is 21.9. The summed E-state index contributed by atoms with van der Waals surface area (Å²) in [6.45, 7) is 13.6. The van der Waals surface area contributed by atoms with Gasteiger partial charge < -0.3 is 10.2 Å². The van der Waals surface area contributed by atoms with E-state index in [1.165, 1.54) is 25.7 Å². The Hall–Kier alpha value is -1.18. The number of phenols is 2. The van der Waals surface area contributed by atoms with Crippen molar-refractivity contribution in [2.45, 2.75) is 99.3 Å². The molecule has 1 rings (SSSR count). The van der Waals surface area contributed by atoms with Crippen molar-refractivity contribution in [2.75, 3.05) is 0 Å². The van der Waals surface area contributed by atoms with Crippen LogP contribution in [0.4, 0.5) is 0 Å². The molecule has 0 amide bonds. The van der Waals surface area contributed by atoms with E-state index in [0.29, 0.717) is 10.8 Å². The lowest BCUT2D eigenvalue weighted by molar-refractivity contribution is 0.357. The molecule has 0 aliphatic rings. The molecule has 0 bridgehead atoms. The van der Waals surface area contributed by atoms with Gasteiger partial charge in [0.1, 0.15) is 0 Å². The van der Waals surface area contributed by atoms with E-state index in [-0.39, 0.29) is 11.5 Å². The zero-order valence-corrected chi connectivity index (χ0v) is 17.4. The Balaban J connectivity index is 2.49. The summed E-state index contributed by atoms with van der Waals surface area (Å²) in [6, 6.07) is 3.83. The van der Waals surface area contributed by atoms with E-state index >= 15 is 0 Å². The fraction of sp³-hybridized carbons (Fsp3) is 0.739. The van der Waals surface area contributed by atoms with Crippen molar-refractivity contribution in [3.63, 3.8) is 0 Å². The standard InChI is InChI=1S/C23H40O2/c1-22(2,3)14-10-7-8-12-18-16-19(21(25)20(24)17-18)13-9-11-15-23(4,5)6/h16-17,24-25H,7-15H2,1-6H3. The van der Waals surface area contributed by atoms with Gasteiger partial charge in [0.25, 0.3) is 0 Å². The van der Waals surface area contributed by atoms with Crippen LogP contribution in [0.25, 0.3) is 0 Å². The van der Waals surface area contributed by atoms with E-state index in [4.69, 9.17) is 0 Å². The summed E-state index contributed by atoms with van der Waals surface area (Å²) in [6.07, 6.45) is 10.1. The summed E-state index contributed by atoms with van der Waals surface area (Å²) in [4.78, 5) is 0. The normalized spacial score (nSPS) is 12.6. The molecule has 0 saturated carbocycles. The Labute approximate surface area is 155 Å². The van der Waals surface area contributed by atoms with Gasteiger partial charge in [-0.15, -0.1) is 0 Å². The number of phenolic OH excluding ortho intramolecular Hbond substituents is 2. The number of rotatable bonds is 9. The lowest BCUT2D eigenvalue weighted by Crippen LogP contribution is -2.04. The van der Waals surface area contributed by atoms with Crippen molar-refractivity contribution in [2.24, 2.45) is 10.8 Å². The highest BCUT2D eigenvalue weighted by Gasteiger charge is 2.12. The molecule has 0 unspecified atom stereocenters. The summed E-state index contributed by atoms with van der Waals surface area (Å²) < 4.78 is 0. The molecule has 0 aliphatic carbocycles. The summed E-state index contributed by atoms with van der Waals surface area (Å²) >= 11 is 0. The third kappa shape index (κ3) is 9.77. The van der Waals surface area contributed by atoms with Gasteiger partial charge in [0.05, 0.1) is 0 Å². The second kappa shape index (κ2) is 9.50. The number of hydrogen-bond donors (Lipinski definition) is 2. The van der Waals surface area contributed by atoms with E-state index < -0.39 is 0 Å². The Bertz CT molecular complexity index is 518. The monoisotopic (exact) mass is 348 g/mol. The fourth-order valence-corrected chi connectivity index (χ4v) is 3.21. The van der Waals surface area contributed by atoms with Crippen LogP contribution in [0.5, 0.6) is 11.5 Å². The van der Waals surface area contributed by atoms with E-state index in [2.05, 4.69) is 47.6 Å². The molecule has 0 heterocycles. The molecule has 0 radical (unpaired) electrons. The summed E-state index contributed by atoms with van der Waals surface area (Å²) in [5.74, 6) is 0.116. The first-order chi connectivity index (χ1) is 11.5. The molecule has 25 heavy (non-hydrogen) atoms. The van der Waals surface area contributed by atoms with Gasteiger partial charge in [0, 0.05) is 0 Å². The van der Waals surface area contributed by atoms with Gasteiger partial charge in [0.15, 0.2) is 11.5 Å². The second-order valence-corrected chi connectivity index (χ2v) is 10.0. The predicted octanol–water partition coefficient (Wildman–Crippen LogP) is 7.01. The summed E-state index contributed by atoms with van der Waals surface area (Å²) in [7, 11) is 0. The Kier molecular flexibility index (Phi) is 8.31. The van der Waals surface area contributed by atoms with Crippen molar-refractivity contribution in [1.29, 1.82) is 0 Å². The molecule has 0 aliphatic heterocycles. The molecule has 2 nitrogen and oxygen atoms in total. The van der Waals surface area contributed by atoms with E-state index in [1.54, 1.807) is 6.07 Å². The minimum atomic E-state index is 0.0398. The van der Waals surface area contributed by atoms with Crippen LogP contribution in [0.2, 0.25) is 0 Å². The maximum absolute atomic E-state index is 10.1. The molecule has 0 fully saturated rings. The Morgan fingerprint density at radius 3 is 1.76 bits per heavy atom. The van der Waals surface area contributed by atoms with Crippen LogP contribution >= 0.6 is 0 Å². The van der Waals surface area contributed by atoms with Crippen molar-refractivity contribution in [3.8, 4) is 11.5 Å². The largest absolute Gasteiger partial charge is 0.504 e. The molecular formula is C23H40O2. The molecule has 1 aromatic carbocycles. The lowest BCUT2D eigenvalue weighted by atomic mass is 9.88. The minimum Gasteiger partial charge on any atom is -0.504 e. The third-order valence-electron chi connectivity index (χ3n) is 4.74. The van der Waals surface area contributed by atoms with Crippen molar-refractivity contribution < 1.29 is 10.2 Å². The number of benzene rings is 1. The predicted molar refractivity (Wildman–Crippen MR) is 108 cm³/mol. The number of unbranched alkanes of at least 4 members (excludes halogenated alkanes) is 3. The topological polar surface area (TPSA) is 40.5 Å². The van der Waals surface area contributed by atoms with Crippen molar-refractivity contribution >= 4 is 0 Å². The van der Waals surface area contributed by atoms with Crippen LogP contribution in [0, 0.1) is 10.8 Å². The maximum atomic E-state index is 10.1. The Morgan fingerprint density at radius 1 is 0.680 bits per heavy atom. The van der Waals surface area contributed by atoms with E-state index in [1.807, 2.05) is 0 Å². The average Bonchev–Trinajstić information content (AvgIpc) is 2.45. The smallest absolute Gasteiger partial charge is 0.160 e. The summed E-state index contributed by atoms with van der Waals surface area (Å²) in [5.41, 5.74) is 2.83. The summed E-state index contributed by atoms with van der Waals surface area (Å²) in [5, 5.41) is 20.2. The van der Waals surface area contributed by atoms with E-state index in [9.17, 15) is 10.2 Å². The average molecular weight is 349 g/mol. The molecule has 0 saturated heterocycles. The van der Waals surface area contributed by atoms with Gasteiger partial charge >= 0.3 is 0 Å². The molecular weight excluding hydrogens is 308 g/mol. The molecule has 2 heteroatoms. The van der Waals surface area contributed by atoms with Crippen LogP contribution in [0.1, 0.15) is 97.6 Å². The van der Waals surface area contributed by atoms with Crippen LogP contribution in [-0.2, 0) is 12.8 Å². The van der Waals surface area contributed by atoms with Crippen molar-refractivity contribution in [1.82, 2.24) is 0 Å². The molecule has 0 atom stereocenters. The molecule has 2 N–H and O–H groups in total. The highest BCUT2D eigenvalue weighted by molar-refractivity contribution is 5.47. The number of hydrogen-bond acceptors (Lipinski definition) is 2. The van der Waals surface area contributed by atoms with Gasteiger partial charge in [-0.2, -0.15) is 0 Å². The van der Waals surface area contributed by atoms with Crippen LogP contribution in [-0.4, -0.2) is 10.2 Å². The first-order valence-electron chi connectivity index (χ1n) is 10.0. The zero-order chi connectivity index (χ0) is 19.1. The van der Waals surface area contributed by atoms with Crippen molar-refractivity contribution in [3.05, 3.63) is 23.3 Å². The maximum Gasteiger partial charge on any atom is 0.160 e. The lowest BCUT2D eigenvalue weighted by Gasteiger charge is -2.18.